The average Bonchev–Trinajstić information content (AvgIpc) is 2.89. The molecule has 1 heterocycles. The lowest BCUT2D eigenvalue weighted by atomic mass is 9.95. The SMILES string of the molecule is CCOc1cc([C@H]2NC(=O)NC(C)=C2C(=O)OC)ccc1OC[C@@H](O)N/N=C\c1cc(Br)c(OCC)c(I)c1. The quantitative estimate of drug-likeness (QED) is 0.0851. The largest absolute Gasteiger partial charge is 0.492 e. The van der Waals surface area contributed by atoms with Crippen molar-refractivity contribution in [2.45, 2.75) is 33.0 Å². The molecule has 4 N–H and O–H groups in total. The summed E-state index contributed by atoms with van der Waals surface area (Å²) in [5.41, 5.74) is 4.71. The van der Waals surface area contributed by atoms with Crippen molar-refractivity contribution in [3.05, 3.63) is 60.8 Å². The van der Waals surface area contributed by atoms with Crippen LogP contribution in [0, 0.1) is 3.57 Å². The van der Waals surface area contributed by atoms with Crippen LogP contribution in [0.4, 0.5) is 4.79 Å². The first-order valence-corrected chi connectivity index (χ1v) is 13.9. The summed E-state index contributed by atoms with van der Waals surface area (Å²) in [6, 6.07) is 7.62. The van der Waals surface area contributed by atoms with E-state index in [0.717, 1.165) is 19.4 Å². The summed E-state index contributed by atoms with van der Waals surface area (Å²) in [5, 5.41) is 19.8. The molecule has 1 aliphatic heterocycles. The van der Waals surface area contributed by atoms with E-state index in [2.05, 4.69) is 59.7 Å². The lowest BCUT2D eigenvalue weighted by Crippen LogP contribution is -2.45. The molecule has 0 saturated carbocycles. The van der Waals surface area contributed by atoms with Crippen LogP contribution in [0.25, 0.3) is 0 Å². The number of aliphatic hydroxyl groups is 1. The second kappa shape index (κ2) is 14.4. The van der Waals surface area contributed by atoms with Crippen LogP contribution in [0.5, 0.6) is 17.2 Å². The number of carbonyl (C=O) groups is 2. The predicted octanol–water partition coefficient (Wildman–Crippen LogP) is 3.97. The number of hydrogen-bond donors (Lipinski definition) is 4. The fourth-order valence-corrected chi connectivity index (χ4v) is 5.53. The molecule has 39 heavy (non-hydrogen) atoms. The van der Waals surface area contributed by atoms with Crippen LogP contribution < -0.4 is 30.3 Å². The Morgan fingerprint density at radius 2 is 1.95 bits per heavy atom. The van der Waals surface area contributed by atoms with E-state index >= 15 is 0 Å². The van der Waals surface area contributed by atoms with Crippen molar-refractivity contribution in [2.24, 2.45) is 5.10 Å². The number of hydrogen-bond acceptors (Lipinski definition) is 9. The first-order valence-electron chi connectivity index (χ1n) is 12.0. The number of amides is 2. The second-order valence-corrected chi connectivity index (χ2v) is 10.2. The number of benzene rings is 2. The minimum atomic E-state index is -1.11. The molecule has 0 bridgehead atoms. The lowest BCUT2D eigenvalue weighted by Gasteiger charge is -2.28. The van der Waals surface area contributed by atoms with Gasteiger partial charge < -0.3 is 34.7 Å². The molecule has 2 atom stereocenters. The van der Waals surface area contributed by atoms with Gasteiger partial charge in [0.1, 0.15) is 12.4 Å². The number of carbonyl (C=O) groups excluding carboxylic acids is 2. The highest BCUT2D eigenvalue weighted by molar-refractivity contribution is 14.1. The molecule has 2 aromatic carbocycles. The molecule has 2 amide bonds. The average molecular weight is 717 g/mol. The number of nitrogens with zero attached hydrogens (tertiary/aromatic N) is 1. The van der Waals surface area contributed by atoms with Gasteiger partial charge in [-0.3, -0.25) is 5.43 Å². The number of allylic oxidation sites excluding steroid dienone is 1. The molecular formula is C26H30BrIN4O7. The third-order valence-electron chi connectivity index (χ3n) is 5.42. The minimum absolute atomic E-state index is 0.127. The molecule has 0 aliphatic carbocycles. The maximum Gasteiger partial charge on any atom is 0.337 e. The number of ether oxygens (including phenoxy) is 4. The van der Waals surface area contributed by atoms with E-state index in [4.69, 9.17) is 18.9 Å². The molecule has 0 spiro atoms. The van der Waals surface area contributed by atoms with Gasteiger partial charge in [-0.15, -0.1) is 0 Å². The summed E-state index contributed by atoms with van der Waals surface area (Å²) >= 11 is 5.68. The number of esters is 1. The van der Waals surface area contributed by atoms with Crippen LogP contribution in [0.3, 0.4) is 0 Å². The topological polar surface area (TPSA) is 140 Å². The molecule has 3 rings (SSSR count). The van der Waals surface area contributed by atoms with Crippen LogP contribution in [0.2, 0.25) is 0 Å². The van der Waals surface area contributed by atoms with Gasteiger partial charge in [-0.05, 0) is 94.7 Å². The number of methoxy groups -OCH3 is 1. The van der Waals surface area contributed by atoms with E-state index < -0.39 is 24.3 Å². The Labute approximate surface area is 248 Å². The van der Waals surface area contributed by atoms with E-state index in [-0.39, 0.29) is 12.2 Å². The summed E-state index contributed by atoms with van der Waals surface area (Å²) in [4.78, 5) is 24.5. The fraction of sp³-hybridized carbons (Fsp3) is 0.346. The van der Waals surface area contributed by atoms with Gasteiger partial charge in [0.15, 0.2) is 17.7 Å². The zero-order chi connectivity index (χ0) is 28.5. The van der Waals surface area contributed by atoms with E-state index in [1.807, 2.05) is 26.0 Å². The zero-order valence-electron chi connectivity index (χ0n) is 21.8. The molecule has 0 aromatic heterocycles. The smallest absolute Gasteiger partial charge is 0.337 e. The van der Waals surface area contributed by atoms with Crippen LogP contribution >= 0.6 is 38.5 Å². The van der Waals surface area contributed by atoms with Crippen molar-refractivity contribution in [2.75, 3.05) is 26.9 Å². The van der Waals surface area contributed by atoms with Crippen molar-refractivity contribution in [1.29, 1.82) is 0 Å². The second-order valence-electron chi connectivity index (χ2n) is 8.16. The van der Waals surface area contributed by atoms with Gasteiger partial charge in [0, 0.05) is 5.70 Å². The molecule has 2 aromatic rings. The Kier molecular flexibility index (Phi) is 11.2. The number of nitrogens with one attached hydrogen (secondary N) is 3. The van der Waals surface area contributed by atoms with E-state index in [9.17, 15) is 14.7 Å². The van der Waals surface area contributed by atoms with Gasteiger partial charge in [0.05, 0.1) is 46.2 Å². The summed E-state index contributed by atoms with van der Waals surface area (Å²) < 4.78 is 23.8. The van der Waals surface area contributed by atoms with Crippen LogP contribution in [-0.4, -0.2) is 56.5 Å². The molecular weight excluding hydrogens is 687 g/mol. The molecule has 0 unspecified atom stereocenters. The van der Waals surface area contributed by atoms with E-state index in [1.165, 1.54) is 7.11 Å². The third-order valence-corrected chi connectivity index (χ3v) is 6.81. The van der Waals surface area contributed by atoms with Crippen molar-refractivity contribution in [3.8, 4) is 17.2 Å². The summed E-state index contributed by atoms with van der Waals surface area (Å²) in [5.74, 6) is 0.957. The van der Waals surface area contributed by atoms with E-state index in [1.54, 1.807) is 31.3 Å². The molecule has 210 valence electrons. The van der Waals surface area contributed by atoms with Crippen molar-refractivity contribution < 1.29 is 33.6 Å². The molecule has 0 saturated heterocycles. The van der Waals surface area contributed by atoms with Crippen LogP contribution in [0.15, 0.2) is 51.2 Å². The summed E-state index contributed by atoms with van der Waals surface area (Å²) in [6.07, 6.45) is 0.467. The monoisotopic (exact) mass is 716 g/mol. The van der Waals surface area contributed by atoms with Gasteiger partial charge >= 0.3 is 12.0 Å². The number of rotatable bonds is 12. The summed E-state index contributed by atoms with van der Waals surface area (Å²) in [6.45, 7) is 6.15. The summed E-state index contributed by atoms with van der Waals surface area (Å²) in [7, 11) is 1.28. The van der Waals surface area contributed by atoms with Crippen LogP contribution in [0.1, 0.15) is 37.9 Å². The number of halogens is 2. The normalized spacial score (nSPS) is 15.9. The number of aliphatic hydroxyl groups excluding tert-OH is 1. The minimum Gasteiger partial charge on any atom is -0.492 e. The fourth-order valence-electron chi connectivity index (χ4n) is 3.76. The zero-order valence-corrected chi connectivity index (χ0v) is 25.6. The third kappa shape index (κ3) is 7.99. The lowest BCUT2D eigenvalue weighted by molar-refractivity contribution is -0.136. The highest BCUT2D eigenvalue weighted by Crippen LogP contribution is 2.35. The molecule has 13 heteroatoms. The van der Waals surface area contributed by atoms with Gasteiger partial charge in [-0.25, -0.2) is 9.59 Å². The van der Waals surface area contributed by atoms with Crippen molar-refractivity contribution in [3.63, 3.8) is 0 Å². The number of urea groups is 1. The Morgan fingerprint density at radius 3 is 2.62 bits per heavy atom. The highest BCUT2D eigenvalue weighted by Gasteiger charge is 2.32. The van der Waals surface area contributed by atoms with Gasteiger partial charge in [-0.2, -0.15) is 5.10 Å². The van der Waals surface area contributed by atoms with Crippen molar-refractivity contribution in [1.82, 2.24) is 16.1 Å². The van der Waals surface area contributed by atoms with Gasteiger partial charge in [0.25, 0.3) is 0 Å². The van der Waals surface area contributed by atoms with Gasteiger partial charge in [0.2, 0.25) is 0 Å². The standard InChI is InChI=1S/C26H30BrIN4O7/c1-5-37-20-11-16(23-22(25(34)36-4)14(3)30-26(35)31-23)7-8-19(20)39-13-21(33)32-29-12-15-9-17(27)24(38-6-2)18(28)10-15/h7-12,21,23,32-33H,5-6,13H2,1-4H3,(H2,30,31,35)/b29-12-/t21-,23-/m1/s1. The predicted molar refractivity (Wildman–Crippen MR) is 157 cm³/mol. The van der Waals surface area contributed by atoms with Crippen LogP contribution in [-0.2, 0) is 9.53 Å². The Morgan fingerprint density at radius 1 is 1.21 bits per heavy atom. The highest BCUT2D eigenvalue weighted by atomic mass is 127. The molecule has 0 radical (unpaired) electrons. The Bertz CT molecular complexity index is 1250. The first kappa shape index (κ1) is 30.5. The molecule has 11 nitrogen and oxygen atoms in total. The molecule has 0 fully saturated rings. The van der Waals surface area contributed by atoms with Crippen molar-refractivity contribution >= 4 is 56.7 Å². The Balaban J connectivity index is 1.69. The maximum absolute atomic E-state index is 12.4. The maximum atomic E-state index is 12.4. The van der Waals surface area contributed by atoms with Gasteiger partial charge in [-0.1, -0.05) is 6.07 Å². The van der Waals surface area contributed by atoms with E-state index in [0.29, 0.717) is 36.0 Å². The number of hydrazone groups is 1. The Hall–Kier alpha value is -3.04. The first-order chi connectivity index (χ1) is 18.7. The molecule has 1 aliphatic rings.